The predicted molar refractivity (Wildman–Crippen MR) is 144 cm³/mol. The van der Waals surface area contributed by atoms with Crippen LogP contribution < -0.4 is 16.0 Å². The summed E-state index contributed by atoms with van der Waals surface area (Å²) in [6.45, 7) is 5.36. The van der Waals surface area contributed by atoms with Gasteiger partial charge in [0.15, 0.2) is 0 Å². The molecule has 0 atom stereocenters. The molecule has 3 amide bonds. The number of rotatable bonds is 8. The molecule has 3 aromatic carbocycles. The monoisotopic (exact) mass is 491 g/mol. The number of anilines is 3. The molecule has 1 heterocycles. The second kappa shape index (κ2) is 11.5. The Morgan fingerprint density at radius 3 is 2.03 bits per heavy atom. The third kappa shape index (κ3) is 6.95. The Bertz CT molecular complexity index is 1460. The highest BCUT2D eigenvalue weighted by Gasteiger charge is 2.11. The normalized spacial score (nSPS) is 10.3. The third-order valence-electron chi connectivity index (χ3n) is 5.37. The lowest BCUT2D eigenvalue weighted by atomic mass is 10.1. The SMILES string of the molecule is C=CC(=O)Nc1cccc(Cc2ncc(NC(=O)c3cccc(NC(=O)c4cccc(C)c4)c3)cn2)c1. The van der Waals surface area contributed by atoms with Crippen LogP contribution in [-0.4, -0.2) is 27.7 Å². The van der Waals surface area contributed by atoms with Crippen LogP contribution in [0.1, 0.15) is 37.7 Å². The Morgan fingerprint density at radius 2 is 1.35 bits per heavy atom. The molecule has 0 radical (unpaired) electrons. The minimum atomic E-state index is -0.353. The van der Waals surface area contributed by atoms with Gasteiger partial charge >= 0.3 is 0 Å². The lowest BCUT2D eigenvalue weighted by Gasteiger charge is -2.09. The number of nitrogens with zero attached hydrogens (tertiary/aromatic N) is 2. The maximum absolute atomic E-state index is 12.8. The topological polar surface area (TPSA) is 113 Å². The summed E-state index contributed by atoms with van der Waals surface area (Å²) in [6, 6.07) is 21.3. The fourth-order valence-electron chi connectivity index (χ4n) is 3.58. The summed E-state index contributed by atoms with van der Waals surface area (Å²) < 4.78 is 0. The molecule has 37 heavy (non-hydrogen) atoms. The van der Waals surface area contributed by atoms with Crippen molar-refractivity contribution in [1.82, 2.24) is 9.97 Å². The highest BCUT2D eigenvalue weighted by molar-refractivity contribution is 6.07. The molecule has 0 saturated carbocycles. The summed E-state index contributed by atoms with van der Waals surface area (Å²) in [7, 11) is 0. The largest absolute Gasteiger partial charge is 0.323 e. The molecule has 0 fully saturated rings. The molecule has 4 aromatic rings. The maximum atomic E-state index is 12.8. The number of hydrogen-bond donors (Lipinski definition) is 3. The molecule has 8 heteroatoms. The first-order chi connectivity index (χ1) is 17.9. The Labute approximate surface area is 214 Å². The van der Waals surface area contributed by atoms with E-state index in [9.17, 15) is 14.4 Å². The minimum absolute atomic E-state index is 0.251. The first-order valence-electron chi connectivity index (χ1n) is 11.5. The van der Waals surface area contributed by atoms with Crippen molar-refractivity contribution in [1.29, 1.82) is 0 Å². The minimum Gasteiger partial charge on any atom is -0.323 e. The van der Waals surface area contributed by atoms with Gasteiger partial charge in [0.05, 0.1) is 18.1 Å². The van der Waals surface area contributed by atoms with E-state index >= 15 is 0 Å². The van der Waals surface area contributed by atoms with Crippen molar-refractivity contribution < 1.29 is 14.4 Å². The van der Waals surface area contributed by atoms with Gasteiger partial charge in [-0.15, -0.1) is 0 Å². The van der Waals surface area contributed by atoms with Crippen LogP contribution in [0.4, 0.5) is 17.1 Å². The van der Waals surface area contributed by atoms with E-state index in [-0.39, 0.29) is 17.7 Å². The van der Waals surface area contributed by atoms with Crippen molar-refractivity contribution in [2.24, 2.45) is 0 Å². The van der Waals surface area contributed by atoms with Gasteiger partial charge < -0.3 is 16.0 Å². The lowest BCUT2D eigenvalue weighted by molar-refractivity contribution is -0.111. The van der Waals surface area contributed by atoms with E-state index in [1.54, 1.807) is 42.5 Å². The third-order valence-corrected chi connectivity index (χ3v) is 5.37. The smallest absolute Gasteiger partial charge is 0.255 e. The van der Waals surface area contributed by atoms with E-state index in [0.29, 0.717) is 40.4 Å². The highest BCUT2D eigenvalue weighted by atomic mass is 16.2. The van der Waals surface area contributed by atoms with Crippen molar-refractivity contribution in [2.45, 2.75) is 13.3 Å². The Balaban J connectivity index is 1.37. The number of amides is 3. The molecule has 4 rings (SSSR count). The zero-order valence-electron chi connectivity index (χ0n) is 20.2. The summed E-state index contributed by atoms with van der Waals surface area (Å²) in [5.74, 6) is -0.328. The lowest BCUT2D eigenvalue weighted by Crippen LogP contribution is -2.15. The predicted octanol–water partition coefficient (Wildman–Crippen LogP) is 5.00. The average Bonchev–Trinajstić information content (AvgIpc) is 2.90. The second-order valence-corrected chi connectivity index (χ2v) is 8.32. The fraction of sp³-hybridized carbons (Fsp3) is 0.0690. The van der Waals surface area contributed by atoms with Gasteiger partial charge in [0.25, 0.3) is 11.8 Å². The molecule has 1 aromatic heterocycles. The number of nitrogens with one attached hydrogen (secondary N) is 3. The van der Waals surface area contributed by atoms with Gasteiger partial charge in [-0.25, -0.2) is 9.97 Å². The quantitative estimate of drug-likeness (QED) is 0.300. The van der Waals surface area contributed by atoms with E-state index < -0.39 is 0 Å². The van der Waals surface area contributed by atoms with Gasteiger partial charge in [-0.05, 0) is 61.0 Å². The summed E-state index contributed by atoms with van der Waals surface area (Å²) in [4.78, 5) is 45.5. The summed E-state index contributed by atoms with van der Waals surface area (Å²) >= 11 is 0. The van der Waals surface area contributed by atoms with Gasteiger partial charge in [-0.2, -0.15) is 0 Å². The molecule has 0 bridgehead atoms. The summed E-state index contributed by atoms with van der Waals surface area (Å²) in [6.07, 6.45) is 4.73. The number of carbonyl (C=O) groups is 3. The van der Waals surface area contributed by atoms with Crippen LogP contribution in [0.5, 0.6) is 0 Å². The van der Waals surface area contributed by atoms with Crippen LogP contribution in [-0.2, 0) is 11.2 Å². The molecule has 0 aliphatic rings. The van der Waals surface area contributed by atoms with Crippen molar-refractivity contribution in [3.05, 3.63) is 126 Å². The Kier molecular flexibility index (Phi) is 7.80. The van der Waals surface area contributed by atoms with Gasteiger partial charge in [0, 0.05) is 28.9 Å². The van der Waals surface area contributed by atoms with Gasteiger partial charge in [-0.3, -0.25) is 14.4 Å². The molecule has 0 aliphatic heterocycles. The fourth-order valence-corrected chi connectivity index (χ4v) is 3.58. The molecule has 0 spiro atoms. The van der Waals surface area contributed by atoms with Crippen LogP contribution in [0.15, 0.2) is 97.8 Å². The Hall–Kier alpha value is -5.11. The van der Waals surface area contributed by atoms with E-state index in [0.717, 1.165) is 11.1 Å². The van der Waals surface area contributed by atoms with Crippen molar-refractivity contribution >= 4 is 34.8 Å². The molecule has 8 nitrogen and oxygen atoms in total. The van der Waals surface area contributed by atoms with E-state index in [4.69, 9.17) is 0 Å². The van der Waals surface area contributed by atoms with Gasteiger partial charge in [-0.1, -0.05) is 42.5 Å². The van der Waals surface area contributed by atoms with Crippen LogP contribution in [0.3, 0.4) is 0 Å². The maximum Gasteiger partial charge on any atom is 0.255 e. The molecule has 3 N–H and O–H groups in total. The number of benzene rings is 3. The number of hydrogen-bond acceptors (Lipinski definition) is 5. The average molecular weight is 492 g/mol. The van der Waals surface area contributed by atoms with Crippen LogP contribution in [0.2, 0.25) is 0 Å². The first kappa shape index (κ1) is 25.0. The summed E-state index contributed by atoms with van der Waals surface area (Å²) in [5, 5.41) is 8.31. The molecule has 0 aliphatic carbocycles. The standard InChI is InChI=1S/C29H25N5O3/c1-3-27(35)32-23-11-5-8-20(14-23)15-26-30-17-25(18-31-26)34-29(37)22-10-6-12-24(16-22)33-28(36)21-9-4-7-19(2)13-21/h3-14,16-18H,1,15H2,2H3,(H,32,35)(H,33,36)(H,34,37). The van der Waals surface area contributed by atoms with E-state index in [2.05, 4.69) is 32.5 Å². The number of carbonyl (C=O) groups excluding carboxylic acids is 3. The van der Waals surface area contributed by atoms with Crippen molar-refractivity contribution in [2.75, 3.05) is 16.0 Å². The van der Waals surface area contributed by atoms with Crippen molar-refractivity contribution in [3.63, 3.8) is 0 Å². The summed E-state index contributed by atoms with van der Waals surface area (Å²) in [5.41, 5.74) is 4.43. The zero-order chi connectivity index (χ0) is 26.2. The Morgan fingerprint density at radius 1 is 0.757 bits per heavy atom. The number of aryl methyl sites for hydroxylation is 1. The zero-order valence-corrected chi connectivity index (χ0v) is 20.2. The molecule has 0 unspecified atom stereocenters. The second-order valence-electron chi connectivity index (χ2n) is 8.32. The highest BCUT2D eigenvalue weighted by Crippen LogP contribution is 2.16. The van der Waals surface area contributed by atoms with Crippen molar-refractivity contribution in [3.8, 4) is 0 Å². The van der Waals surface area contributed by atoms with Gasteiger partial charge in [0.2, 0.25) is 5.91 Å². The van der Waals surface area contributed by atoms with E-state index in [1.165, 1.54) is 18.5 Å². The first-order valence-corrected chi connectivity index (χ1v) is 11.5. The molecular weight excluding hydrogens is 466 g/mol. The molecule has 0 saturated heterocycles. The molecular formula is C29H25N5O3. The van der Waals surface area contributed by atoms with Crippen LogP contribution in [0.25, 0.3) is 0 Å². The molecule has 184 valence electrons. The van der Waals surface area contributed by atoms with Crippen LogP contribution in [0, 0.1) is 6.92 Å². The number of aromatic nitrogens is 2. The van der Waals surface area contributed by atoms with Crippen LogP contribution >= 0.6 is 0 Å². The van der Waals surface area contributed by atoms with E-state index in [1.807, 2.05) is 37.3 Å². The van der Waals surface area contributed by atoms with Gasteiger partial charge in [0.1, 0.15) is 5.82 Å².